The summed E-state index contributed by atoms with van der Waals surface area (Å²) in [6.07, 6.45) is 6.33. The highest BCUT2D eigenvalue weighted by atomic mass is 32.1. The molecule has 0 saturated carbocycles. The number of hydrogen-bond acceptors (Lipinski definition) is 7. The van der Waals surface area contributed by atoms with Crippen molar-refractivity contribution in [1.82, 2.24) is 39.7 Å². The summed E-state index contributed by atoms with van der Waals surface area (Å²) in [4.78, 5) is 35.9. The number of aromatic nitrogens is 8. The van der Waals surface area contributed by atoms with E-state index in [1.54, 1.807) is 35.2 Å². The van der Waals surface area contributed by atoms with Crippen LogP contribution in [0.3, 0.4) is 0 Å². The molecule has 8 aromatic rings. The van der Waals surface area contributed by atoms with E-state index < -0.39 is 5.82 Å². The van der Waals surface area contributed by atoms with Crippen molar-refractivity contribution in [2.24, 2.45) is 0 Å². The minimum atomic E-state index is -0.567. The number of hydrogen-bond donors (Lipinski definition) is 2. The van der Waals surface area contributed by atoms with Crippen LogP contribution in [-0.4, -0.2) is 45.6 Å². The molecule has 8 bridgehead atoms. The summed E-state index contributed by atoms with van der Waals surface area (Å²) in [7, 11) is 0. The van der Waals surface area contributed by atoms with Gasteiger partial charge in [-0.25, -0.2) is 9.37 Å². The zero-order valence-electron chi connectivity index (χ0n) is 19.9. The summed E-state index contributed by atoms with van der Waals surface area (Å²) in [5.41, 5.74) is 4.23. The molecule has 0 aliphatic carbocycles. The molecule has 9 nitrogen and oxygen atoms in total. The Balaban J connectivity index is 1.64. The topological polar surface area (TPSA) is 118 Å². The number of thiophene rings is 1. The summed E-state index contributed by atoms with van der Waals surface area (Å²) in [6.45, 7) is 0. The van der Waals surface area contributed by atoms with Crippen LogP contribution in [0, 0.1) is 5.82 Å². The first-order valence-corrected chi connectivity index (χ1v) is 12.8. The number of pyridine rings is 3. The van der Waals surface area contributed by atoms with E-state index in [1.165, 1.54) is 23.7 Å². The van der Waals surface area contributed by atoms with Crippen LogP contribution in [0.15, 0.2) is 79.4 Å². The van der Waals surface area contributed by atoms with E-state index in [4.69, 9.17) is 4.98 Å². The highest BCUT2D eigenvalue weighted by Gasteiger charge is 2.17. The third kappa shape index (κ3) is 3.23. The molecule has 0 aliphatic heterocycles. The van der Waals surface area contributed by atoms with E-state index >= 15 is 4.39 Å². The molecular formula is C28H15FN8OS. The Labute approximate surface area is 221 Å². The van der Waals surface area contributed by atoms with Crippen molar-refractivity contribution in [3.05, 3.63) is 90.8 Å². The van der Waals surface area contributed by atoms with Crippen LogP contribution in [0.1, 0.15) is 10.4 Å². The third-order valence-corrected chi connectivity index (χ3v) is 7.77. The first-order valence-electron chi connectivity index (χ1n) is 12.0. The molecule has 0 unspecified atom stereocenters. The molecule has 7 heterocycles. The lowest BCUT2D eigenvalue weighted by Crippen LogP contribution is -2.12. The number of halogens is 1. The molecule has 0 fully saturated rings. The van der Waals surface area contributed by atoms with Gasteiger partial charge in [0.2, 0.25) is 0 Å². The predicted octanol–water partition coefficient (Wildman–Crippen LogP) is 6.05. The number of fused-ring (bicyclic) bond motifs is 9. The molecule has 0 atom stereocenters. The summed E-state index contributed by atoms with van der Waals surface area (Å²) in [5.74, 6) is -0.816. The lowest BCUT2D eigenvalue weighted by molar-refractivity contribution is 0.0969. The van der Waals surface area contributed by atoms with Crippen molar-refractivity contribution in [3.63, 3.8) is 0 Å². The van der Waals surface area contributed by atoms with Crippen molar-refractivity contribution in [3.8, 4) is 0 Å². The molecule has 11 heteroatoms. The van der Waals surface area contributed by atoms with Gasteiger partial charge in [-0.1, -0.05) is 18.2 Å². The van der Waals surface area contributed by atoms with Crippen LogP contribution in [0.5, 0.6) is 0 Å². The Hall–Kier alpha value is -5.29. The van der Waals surface area contributed by atoms with Crippen LogP contribution in [0.2, 0.25) is 0 Å². The fraction of sp³-hybridized carbons (Fsp3) is 0. The average molecular weight is 531 g/mol. The van der Waals surface area contributed by atoms with Crippen molar-refractivity contribution in [2.45, 2.75) is 0 Å². The van der Waals surface area contributed by atoms with E-state index in [1.807, 2.05) is 36.4 Å². The van der Waals surface area contributed by atoms with E-state index in [2.05, 4.69) is 30.1 Å². The quantitative estimate of drug-likeness (QED) is 0.267. The van der Waals surface area contributed by atoms with Gasteiger partial charge in [0.05, 0.1) is 39.0 Å². The summed E-state index contributed by atoms with van der Waals surface area (Å²) < 4.78 is 18.6. The molecule has 186 valence electrons. The van der Waals surface area contributed by atoms with Gasteiger partial charge >= 0.3 is 0 Å². The third-order valence-electron chi connectivity index (χ3n) is 6.69. The van der Waals surface area contributed by atoms with E-state index in [0.717, 1.165) is 10.2 Å². The van der Waals surface area contributed by atoms with E-state index in [0.29, 0.717) is 49.0 Å². The zero-order valence-corrected chi connectivity index (χ0v) is 20.7. The van der Waals surface area contributed by atoms with Gasteiger partial charge in [-0.3, -0.25) is 29.4 Å². The Morgan fingerprint density at radius 3 is 2.69 bits per heavy atom. The molecule has 0 radical (unpaired) electrons. The lowest BCUT2D eigenvalue weighted by atomic mass is 10.2. The van der Waals surface area contributed by atoms with Crippen molar-refractivity contribution < 1.29 is 9.18 Å². The first-order chi connectivity index (χ1) is 19.2. The monoisotopic (exact) mass is 530 g/mol. The Kier molecular flexibility index (Phi) is 4.52. The Morgan fingerprint density at radius 1 is 0.897 bits per heavy atom. The number of nitrogens with one attached hydrogen (secondary N) is 2. The van der Waals surface area contributed by atoms with Crippen molar-refractivity contribution in [1.29, 1.82) is 0 Å². The number of carbonyl (C=O) groups excluding carboxylic acids is 1. The number of aromatic amines is 2. The molecule has 0 aliphatic rings. The van der Waals surface area contributed by atoms with Crippen LogP contribution in [0.4, 0.5) is 4.39 Å². The lowest BCUT2D eigenvalue weighted by Gasteiger charge is -2.08. The molecule has 1 aromatic carbocycles. The van der Waals surface area contributed by atoms with Gasteiger partial charge in [-0.05, 0) is 36.4 Å². The minimum Gasteiger partial charge on any atom is -0.336 e. The Morgan fingerprint density at radius 2 is 1.79 bits per heavy atom. The molecular weight excluding hydrogens is 515 g/mol. The summed E-state index contributed by atoms with van der Waals surface area (Å²) in [6, 6.07) is 16.3. The highest BCUT2D eigenvalue weighted by Crippen LogP contribution is 2.31. The van der Waals surface area contributed by atoms with Gasteiger partial charge in [0, 0.05) is 23.3 Å². The highest BCUT2D eigenvalue weighted by molar-refractivity contribution is 7.24. The van der Waals surface area contributed by atoms with Gasteiger partial charge < -0.3 is 4.98 Å². The number of nitrogens with zero attached hydrogens (tertiary/aromatic N) is 6. The summed E-state index contributed by atoms with van der Waals surface area (Å²) in [5, 5.41) is 7.89. The maximum Gasteiger partial charge on any atom is 0.263 e. The molecule has 0 saturated heterocycles. The van der Waals surface area contributed by atoms with E-state index in [-0.39, 0.29) is 16.8 Å². The predicted molar refractivity (Wildman–Crippen MR) is 149 cm³/mol. The minimum absolute atomic E-state index is 0.0896. The number of rotatable bonds is 1. The summed E-state index contributed by atoms with van der Waals surface area (Å²) >= 11 is 1.40. The first kappa shape index (κ1) is 21.8. The van der Waals surface area contributed by atoms with Gasteiger partial charge in [-0.15, -0.1) is 11.3 Å². The van der Waals surface area contributed by atoms with Gasteiger partial charge in [0.25, 0.3) is 5.91 Å². The maximum absolute atomic E-state index is 16.2. The van der Waals surface area contributed by atoms with E-state index in [9.17, 15) is 4.79 Å². The molecule has 0 amide bonds. The van der Waals surface area contributed by atoms with Crippen molar-refractivity contribution in [2.75, 3.05) is 0 Å². The van der Waals surface area contributed by atoms with Gasteiger partial charge in [0.15, 0.2) is 11.5 Å². The number of H-pyrrole nitrogens is 2. The Bertz CT molecular complexity index is 2330. The zero-order chi connectivity index (χ0) is 26.1. The normalized spacial score (nSPS) is 11.8. The second kappa shape index (κ2) is 8.10. The SMILES string of the molecule is O=C(c1ccccc1)n1c2cncc(c2)c2ncc3[nH]nc(c4nc5c(ccnc5c5ccc1s5)[nH]4)c3c2F. The van der Waals surface area contributed by atoms with Gasteiger partial charge in [0.1, 0.15) is 26.9 Å². The number of benzene rings is 1. The average Bonchev–Trinajstić information content (AvgIpc) is 3.72. The smallest absolute Gasteiger partial charge is 0.263 e. The molecule has 2 N–H and O–H groups in total. The molecule has 7 aromatic heterocycles. The van der Waals surface area contributed by atoms with Crippen LogP contribution in [-0.2, 0) is 0 Å². The van der Waals surface area contributed by atoms with Crippen LogP contribution in [0.25, 0.3) is 64.6 Å². The number of carbonyl (C=O) groups is 1. The van der Waals surface area contributed by atoms with Crippen LogP contribution >= 0.6 is 11.3 Å². The van der Waals surface area contributed by atoms with Gasteiger partial charge in [-0.2, -0.15) is 5.10 Å². The molecule has 0 spiro atoms. The largest absolute Gasteiger partial charge is 0.336 e. The van der Waals surface area contributed by atoms with Crippen molar-refractivity contribution >= 4 is 81.8 Å². The fourth-order valence-corrected chi connectivity index (χ4v) is 5.91. The standard InChI is InChI=1S/C28H15FN8OS/c29-22-21-18-13-32-23(22)15-10-16(12-30-11-15)37(28(38)14-4-2-1-3-5-14)20-7-6-19(39-20)25-24-17(8-9-31-25)33-27(34-24)26(21)36-35-18/h1-13H,(H,33,34)(H,35,36). The second-order valence-electron chi connectivity index (χ2n) is 9.00. The second-order valence-corrected chi connectivity index (χ2v) is 10.1. The van der Waals surface area contributed by atoms with Crippen LogP contribution < -0.4 is 0 Å². The fourth-order valence-electron chi connectivity index (χ4n) is 4.88. The maximum atomic E-state index is 16.2. The molecule has 39 heavy (non-hydrogen) atoms. The number of imidazole rings is 1. The molecule has 8 rings (SSSR count).